The monoisotopic (exact) mass is 255 g/mol. The summed E-state index contributed by atoms with van der Waals surface area (Å²) in [5.41, 5.74) is 5.56. The highest BCUT2D eigenvalue weighted by Crippen LogP contribution is 2.17. The van der Waals surface area contributed by atoms with Gasteiger partial charge in [-0.3, -0.25) is 0 Å². The lowest BCUT2D eigenvalue weighted by atomic mass is 10.4. The van der Waals surface area contributed by atoms with Crippen LogP contribution >= 0.6 is 0 Å². The van der Waals surface area contributed by atoms with Crippen LogP contribution in [0.1, 0.15) is 5.82 Å². The second kappa shape index (κ2) is 4.01. The van der Waals surface area contributed by atoms with E-state index in [0.717, 1.165) is 0 Å². The number of pyridine rings is 1. The molecule has 2 rings (SSSR count). The summed E-state index contributed by atoms with van der Waals surface area (Å²) in [6.07, 6.45) is 1.32. The molecular formula is C8H9N5O3S. The SMILES string of the molecule is Cc1noc(NS(=O)(=O)c2ncccc2N)n1. The number of sulfonamides is 1. The lowest BCUT2D eigenvalue weighted by Crippen LogP contribution is -2.16. The molecule has 0 amide bonds. The van der Waals surface area contributed by atoms with Crippen molar-refractivity contribution in [3.63, 3.8) is 0 Å². The molecule has 2 aromatic rings. The van der Waals surface area contributed by atoms with Gasteiger partial charge in [0.25, 0.3) is 10.0 Å². The van der Waals surface area contributed by atoms with Crippen LogP contribution in [0, 0.1) is 6.92 Å². The Bertz CT molecular complexity index is 636. The summed E-state index contributed by atoms with van der Waals surface area (Å²) in [4.78, 5) is 7.40. The molecule has 0 aliphatic heterocycles. The van der Waals surface area contributed by atoms with Crippen LogP contribution in [-0.2, 0) is 10.0 Å². The number of hydrogen-bond donors (Lipinski definition) is 2. The van der Waals surface area contributed by atoms with Gasteiger partial charge in [-0.15, -0.1) is 0 Å². The summed E-state index contributed by atoms with van der Waals surface area (Å²) in [7, 11) is -3.91. The predicted molar refractivity (Wildman–Crippen MR) is 58.5 cm³/mol. The van der Waals surface area contributed by atoms with Crippen LogP contribution in [-0.4, -0.2) is 23.5 Å². The number of rotatable bonds is 3. The van der Waals surface area contributed by atoms with Crippen molar-refractivity contribution in [1.29, 1.82) is 0 Å². The zero-order chi connectivity index (χ0) is 12.5. The first kappa shape index (κ1) is 11.3. The Hall–Kier alpha value is -2.16. The van der Waals surface area contributed by atoms with Gasteiger partial charge in [-0.25, -0.2) is 9.71 Å². The van der Waals surface area contributed by atoms with Crippen LogP contribution in [0.25, 0.3) is 0 Å². The number of nitrogens with two attached hydrogens (primary N) is 1. The highest BCUT2D eigenvalue weighted by molar-refractivity contribution is 7.92. The molecular weight excluding hydrogens is 246 g/mol. The molecule has 9 heteroatoms. The third kappa shape index (κ3) is 2.33. The molecule has 0 bridgehead atoms. The molecule has 3 N–H and O–H groups in total. The van der Waals surface area contributed by atoms with Crippen LogP contribution in [0.4, 0.5) is 11.7 Å². The Morgan fingerprint density at radius 2 is 2.24 bits per heavy atom. The lowest BCUT2D eigenvalue weighted by Gasteiger charge is -2.04. The van der Waals surface area contributed by atoms with Gasteiger partial charge in [0.05, 0.1) is 5.69 Å². The van der Waals surface area contributed by atoms with Gasteiger partial charge in [-0.1, -0.05) is 5.16 Å². The molecule has 0 saturated heterocycles. The van der Waals surface area contributed by atoms with Crippen molar-refractivity contribution in [2.45, 2.75) is 11.9 Å². The number of nitrogens with one attached hydrogen (secondary N) is 1. The van der Waals surface area contributed by atoms with Gasteiger partial charge >= 0.3 is 6.01 Å². The molecule has 0 spiro atoms. The quantitative estimate of drug-likeness (QED) is 0.800. The average molecular weight is 255 g/mol. The maximum Gasteiger partial charge on any atom is 0.335 e. The van der Waals surface area contributed by atoms with Gasteiger partial charge in [0.1, 0.15) is 0 Å². The van der Waals surface area contributed by atoms with Crippen molar-refractivity contribution in [2.75, 3.05) is 10.5 Å². The normalized spacial score (nSPS) is 11.4. The summed E-state index contributed by atoms with van der Waals surface area (Å²) in [6.45, 7) is 1.57. The molecule has 0 radical (unpaired) electrons. The second-order valence-corrected chi connectivity index (χ2v) is 4.75. The molecule has 0 fully saturated rings. The van der Waals surface area contributed by atoms with E-state index in [1.165, 1.54) is 18.3 Å². The first-order valence-corrected chi connectivity index (χ1v) is 6.01. The average Bonchev–Trinajstić information content (AvgIpc) is 2.63. The van der Waals surface area contributed by atoms with Crippen LogP contribution in [0.15, 0.2) is 27.9 Å². The summed E-state index contributed by atoms with van der Waals surface area (Å²) >= 11 is 0. The Labute approximate surface area is 96.9 Å². The Morgan fingerprint density at radius 1 is 1.47 bits per heavy atom. The molecule has 90 valence electrons. The molecule has 8 nitrogen and oxygen atoms in total. The van der Waals surface area contributed by atoms with E-state index in [0.29, 0.717) is 5.82 Å². The van der Waals surface area contributed by atoms with Gasteiger partial charge in [0, 0.05) is 6.20 Å². The first-order chi connectivity index (χ1) is 7.99. The van der Waals surface area contributed by atoms with Crippen molar-refractivity contribution in [3.05, 3.63) is 24.2 Å². The fourth-order valence-corrected chi connectivity index (χ4v) is 2.12. The lowest BCUT2D eigenvalue weighted by molar-refractivity contribution is 0.429. The fraction of sp³-hybridized carbons (Fsp3) is 0.125. The topological polar surface area (TPSA) is 124 Å². The minimum Gasteiger partial charge on any atom is -0.396 e. The van der Waals surface area contributed by atoms with Crippen molar-refractivity contribution >= 4 is 21.7 Å². The predicted octanol–water partition coefficient (Wildman–Crippen LogP) is 0.156. The maximum atomic E-state index is 11.9. The van der Waals surface area contributed by atoms with Crippen LogP contribution < -0.4 is 10.5 Å². The number of nitrogen functional groups attached to an aromatic ring is 1. The van der Waals surface area contributed by atoms with E-state index < -0.39 is 10.0 Å². The van der Waals surface area contributed by atoms with Gasteiger partial charge < -0.3 is 10.3 Å². The summed E-state index contributed by atoms with van der Waals surface area (Å²) in [5.74, 6) is 0.316. The zero-order valence-electron chi connectivity index (χ0n) is 8.78. The third-order valence-electron chi connectivity index (χ3n) is 1.80. The fourth-order valence-electron chi connectivity index (χ4n) is 1.13. The van der Waals surface area contributed by atoms with Gasteiger partial charge in [-0.05, 0) is 19.1 Å². The summed E-state index contributed by atoms with van der Waals surface area (Å²) < 4.78 is 30.4. The van der Waals surface area contributed by atoms with Crippen molar-refractivity contribution in [3.8, 4) is 0 Å². The number of aromatic nitrogens is 3. The second-order valence-electron chi connectivity index (χ2n) is 3.15. The molecule has 2 heterocycles. The van der Waals surface area contributed by atoms with Gasteiger partial charge in [-0.2, -0.15) is 13.4 Å². The molecule has 0 saturated carbocycles. The molecule has 0 aliphatic rings. The molecule has 2 aromatic heterocycles. The van der Waals surface area contributed by atoms with E-state index in [1.54, 1.807) is 6.92 Å². The van der Waals surface area contributed by atoms with E-state index in [4.69, 9.17) is 5.73 Å². The summed E-state index contributed by atoms with van der Waals surface area (Å²) in [6, 6.07) is 2.73. The molecule has 0 unspecified atom stereocenters. The summed E-state index contributed by atoms with van der Waals surface area (Å²) in [5, 5.41) is 3.17. The largest absolute Gasteiger partial charge is 0.396 e. The number of anilines is 2. The van der Waals surface area contributed by atoms with Crippen LogP contribution in [0.5, 0.6) is 0 Å². The maximum absolute atomic E-state index is 11.9. The minimum atomic E-state index is -3.91. The highest BCUT2D eigenvalue weighted by atomic mass is 32.2. The Morgan fingerprint density at radius 3 is 2.82 bits per heavy atom. The molecule has 0 aromatic carbocycles. The standard InChI is InChI=1S/C8H9N5O3S/c1-5-11-8(16-12-5)13-17(14,15)7-6(9)3-2-4-10-7/h2-4H,9H2,1H3,(H,11,12,13). The number of aryl methyl sites for hydroxylation is 1. The number of nitrogens with zero attached hydrogens (tertiary/aromatic N) is 3. The third-order valence-corrected chi connectivity index (χ3v) is 3.10. The Kier molecular flexibility index (Phi) is 2.68. The van der Waals surface area contributed by atoms with Crippen molar-refractivity contribution in [2.24, 2.45) is 0 Å². The van der Waals surface area contributed by atoms with Crippen LogP contribution in [0.3, 0.4) is 0 Å². The van der Waals surface area contributed by atoms with E-state index in [2.05, 4.69) is 24.4 Å². The zero-order valence-corrected chi connectivity index (χ0v) is 9.60. The molecule has 0 atom stereocenters. The first-order valence-electron chi connectivity index (χ1n) is 4.52. The smallest absolute Gasteiger partial charge is 0.335 e. The van der Waals surface area contributed by atoms with E-state index in [-0.39, 0.29) is 16.7 Å². The van der Waals surface area contributed by atoms with Gasteiger partial charge in [0.2, 0.25) is 0 Å². The molecule has 17 heavy (non-hydrogen) atoms. The van der Waals surface area contributed by atoms with E-state index >= 15 is 0 Å². The van der Waals surface area contributed by atoms with Gasteiger partial charge in [0.15, 0.2) is 10.9 Å². The van der Waals surface area contributed by atoms with Crippen molar-refractivity contribution < 1.29 is 12.9 Å². The Balaban J connectivity index is 2.35. The molecule has 0 aliphatic carbocycles. The van der Waals surface area contributed by atoms with E-state index in [9.17, 15) is 8.42 Å². The van der Waals surface area contributed by atoms with Crippen molar-refractivity contribution in [1.82, 2.24) is 15.1 Å². The van der Waals surface area contributed by atoms with Crippen LogP contribution in [0.2, 0.25) is 0 Å². The van der Waals surface area contributed by atoms with E-state index in [1.807, 2.05) is 0 Å². The highest BCUT2D eigenvalue weighted by Gasteiger charge is 2.21. The minimum absolute atomic E-state index is 0.0382. The number of hydrogen-bond acceptors (Lipinski definition) is 7.